The number of hydrogen-bond acceptors (Lipinski definition) is 4. The molecular formula is C16H13N5O. The molecule has 0 unspecified atom stereocenters. The van der Waals surface area contributed by atoms with E-state index in [1.807, 2.05) is 49.4 Å². The second-order valence-electron chi connectivity index (χ2n) is 4.83. The van der Waals surface area contributed by atoms with Crippen LogP contribution in [0, 0.1) is 18.3 Å². The van der Waals surface area contributed by atoms with Crippen molar-refractivity contribution in [3.8, 4) is 11.9 Å². The van der Waals surface area contributed by atoms with E-state index < -0.39 is 0 Å². The van der Waals surface area contributed by atoms with Crippen molar-refractivity contribution in [2.45, 2.75) is 13.3 Å². The normalized spacial score (nSPS) is 10.4. The van der Waals surface area contributed by atoms with Crippen LogP contribution in [0.15, 0.2) is 42.5 Å². The number of carbonyl (C=O) groups excluding carboxylic acids is 1. The minimum absolute atomic E-state index is 0.199. The Morgan fingerprint density at radius 3 is 2.95 bits per heavy atom. The van der Waals surface area contributed by atoms with Gasteiger partial charge in [0, 0.05) is 11.5 Å². The average Bonchev–Trinajstić information content (AvgIpc) is 2.87. The van der Waals surface area contributed by atoms with Gasteiger partial charge in [0.05, 0.1) is 17.3 Å². The molecule has 3 rings (SSSR count). The van der Waals surface area contributed by atoms with Gasteiger partial charge in [-0.1, -0.05) is 18.2 Å². The summed E-state index contributed by atoms with van der Waals surface area (Å²) in [5.74, 6) is 0.740. The van der Waals surface area contributed by atoms with Gasteiger partial charge in [0.1, 0.15) is 12.2 Å². The molecule has 0 atom stereocenters. The van der Waals surface area contributed by atoms with Crippen molar-refractivity contribution < 1.29 is 4.79 Å². The van der Waals surface area contributed by atoms with E-state index in [0.717, 1.165) is 16.6 Å². The Bertz CT molecular complexity index is 891. The molecule has 108 valence electrons. The first-order valence-corrected chi connectivity index (χ1v) is 6.77. The van der Waals surface area contributed by atoms with E-state index in [1.165, 1.54) is 0 Å². The van der Waals surface area contributed by atoms with Gasteiger partial charge < -0.3 is 5.32 Å². The number of benzene rings is 1. The first kappa shape index (κ1) is 13.8. The van der Waals surface area contributed by atoms with Crippen molar-refractivity contribution in [2.75, 3.05) is 5.32 Å². The molecule has 6 heteroatoms. The molecule has 2 aromatic heterocycles. The maximum absolute atomic E-state index is 11.6. The lowest BCUT2D eigenvalue weighted by molar-refractivity contribution is -0.115. The maximum atomic E-state index is 11.6. The molecule has 0 spiro atoms. The van der Waals surface area contributed by atoms with Crippen LogP contribution in [-0.4, -0.2) is 20.7 Å². The fourth-order valence-corrected chi connectivity index (χ4v) is 2.20. The number of hydrogen-bond donors (Lipinski definition) is 1. The molecule has 2 heterocycles. The quantitative estimate of drug-likeness (QED) is 0.804. The van der Waals surface area contributed by atoms with Crippen molar-refractivity contribution in [3.63, 3.8) is 0 Å². The number of aryl methyl sites for hydroxylation is 1. The van der Waals surface area contributed by atoms with Crippen LogP contribution in [0.4, 0.5) is 5.82 Å². The standard InChI is InChI=1S/C16H13N5O/c1-11-10-15(19-16(22)8-9-17)21(20-11)14-7-6-12-4-2-3-5-13(12)18-14/h2-7,10H,8H2,1H3,(H,19,22). The molecule has 0 aliphatic carbocycles. The van der Waals surface area contributed by atoms with Crippen LogP contribution in [0.1, 0.15) is 12.1 Å². The van der Waals surface area contributed by atoms with Crippen LogP contribution in [0.3, 0.4) is 0 Å². The van der Waals surface area contributed by atoms with E-state index in [1.54, 1.807) is 10.7 Å². The SMILES string of the molecule is Cc1cc(NC(=O)CC#N)n(-c2ccc3ccccc3n2)n1. The number of amides is 1. The number of carbonyl (C=O) groups is 1. The van der Waals surface area contributed by atoms with Crippen molar-refractivity contribution in [1.29, 1.82) is 5.26 Å². The monoisotopic (exact) mass is 291 g/mol. The number of para-hydroxylation sites is 1. The fourth-order valence-electron chi connectivity index (χ4n) is 2.20. The van der Waals surface area contributed by atoms with Gasteiger partial charge >= 0.3 is 0 Å². The van der Waals surface area contributed by atoms with Crippen LogP contribution in [0.25, 0.3) is 16.7 Å². The highest BCUT2D eigenvalue weighted by molar-refractivity contribution is 5.91. The zero-order valence-electron chi connectivity index (χ0n) is 11.9. The molecule has 0 aliphatic heterocycles. The van der Waals surface area contributed by atoms with Gasteiger partial charge in [-0.05, 0) is 25.1 Å². The topological polar surface area (TPSA) is 83.6 Å². The summed E-state index contributed by atoms with van der Waals surface area (Å²) in [4.78, 5) is 16.2. The molecule has 0 bridgehead atoms. The highest BCUT2D eigenvalue weighted by Gasteiger charge is 2.12. The van der Waals surface area contributed by atoms with Crippen LogP contribution in [-0.2, 0) is 4.79 Å². The predicted molar refractivity (Wildman–Crippen MR) is 82.5 cm³/mol. The molecule has 1 aromatic carbocycles. The van der Waals surface area contributed by atoms with Gasteiger partial charge in [-0.2, -0.15) is 15.0 Å². The Morgan fingerprint density at radius 2 is 2.14 bits per heavy atom. The number of anilines is 1. The maximum Gasteiger partial charge on any atom is 0.239 e. The molecule has 0 saturated carbocycles. The second kappa shape index (κ2) is 5.66. The Kier molecular flexibility index (Phi) is 3.54. The highest BCUT2D eigenvalue weighted by Crippen LogP contribution is 2.19. The number of pyridine rings is 1. The number of aromatic nitrogens is 3. The summed E-state index contributed by atoms with van der Waals surface area (Å²) in [6, 6.07) is 15.1. The van der Waals surface area contributed by atoms with Crippen LogP contribution < -0.4 is 5.32 Å². The first-order chi connectivity index (χ1) is 10.7. The fraction of sp³-hybridized carbons (Fsp3) is 0.125. The number of nitriles is 1. The van der Waals surface area contributed by atoms with Gasteiger partial charge in [-0.3, -0.25) is 4.79 Å². The van der Waals surface area contributed by atoms with Crippen LogP contribution in [0.5, 0.6) is 0 Å². The van der Waals surface area contributed by atoms with E-state index in [4.69, 9.17) is 5.26 Å². The van der Waals surface area contributed by atoms with Gasteiger partial charge in [0.15, 0.2) is 5.82 Å². The third-order valence-corrected chi connectivity index (χ3v) is 3.14. The lowest BCUT2D eigenvalue weighted by atomic mass is 10.2. The summed E-state index contributed by atoms with van der Waals surface area (Å²) in [6.07, 6.45) is -0.199. The van der Waals surface area contributed by atoms with E-state index in [2.05, 4.69) is 15.4 Å². The summed E-state index contributed by atoms with van der Waals surface area (Å²) in [7, 11) is 0. The molecule has 6 nitrogen and oxygen atoms in total. The summed E-state index contributed by atoms with van der Waals surface area (Å²) in [5, 5.41) is 16.6. The molecule has 0 radical (unpaired) electrons. The Hall–Kier alpha value is -3.20. The Morgan fingerprint density at radius 1 is 1.32 bits per heavy atom. The lowest BCUT2D eigenvalue weighted by Crippen LogP contribution is -2.14. The zero-order chi connectivity index (χ0) is 15.5. The average molecular weight is 291 g/mol. The number of nitrogens with one attached hydrogen (secondary N) is 1. The van der Waals surface area contributed by atoms with Gasteiger partial charge in [-0.25, -0.2) is 4.98 Å². The van der Waals surface area contributed by atoms with E-state index in [9.17, 15) is 4.79 Å². The van der Waals surface area contributed by atoms with Crippen LogP contribution >= 0.6 is 0 Å². The molecule has 1 N–H and O–H groups in total. The van der Waals surface area contributed by atoms with Crippen molar-refractivity contribution >= 4 is 22.6 Å². The first-order valence-electron chi connectivity index (χ1n) is 6.77. The predicted octanol–water partition coefficient (Wildman–Crippen LogP) is 2.58. The number of nitrogens with zero attached hydrogens (tertiary/aromatic N) is 4. The zero-order valence-corrected chi connectivity index (χ0v) is 11.9. The molecule has 22 heavy (non-hydrogen) atoms. The van der Waals surface area contributed by atoms with Crippen molar-refractivity contribution in [2.24, 2.45) is 0 Å². The second-order valence-corrected chi connectivity index (χ2v) is 4.83. The number of rotatable bonds is 3. The smallest absolute Gasteiger partial charge is 0.239 e. The molecule has 0 aliphatic rings. The third kappa shape index (κ3) is 2.65. The Labute approximate surface area is 127 Å². The summed E-state index contributed by atoms with van der Waals surface area (Å²) in [6.45, 7) is 1.83. The summed E-state index contributed by atoms with van der Waals surface area (Å²) < 4.78 is 1.57. The van der Waals surface area contributed by atoms with Crippen molar-refractivity contribution in [3.05, 3.63) is 48.2 Å². The summed E-state index contributed by atoms with van der Waals surface area (Å²) in [5.41, 5.74) is 1.60. The molecule has 3 aromatic rings. The third-order valence-electron chi connectivity index (χ3n) is 3.14. The van der Waals surface area contributed by atoms with E-state index in [-0.39, 0.29) is 12.3 Å². The highest BCUT2D eigenvalue weighted by atomic mass is 16.1. The van der Waals surface area contributed by atoms with Gasteiger partial charge in [-0.15, -0.1) is 0 Å². The number of fused-ring (bicyclic) bond motifs is 1. The van der Waals surface area contributed by atoms with E-state index in [0.29, 0.717) is 11.6 Å². The molecule has 0 fully saturated rings. The largest absolute Gasteiger partial charge is 0.310 e. The molecule has 1 amide bonds. The minimum atomic E-state index is -0.371. The molecular weight excluding hydrogens is 278 g/mol. The van der Waals surface area contributed by atoms with Gasteiger partial charge in [0.25, 0.3) is 0 Å². The Balaban J connectivity index is 2.02. The molecule has 0 saturated heterocycles. The van der Waals surface area contributed by atoms with Gasteiger partial charge in [0.2, 0.25) is 5.91 Å². The van der Waals surface area contributed by atoms with Crippen LogP contribution in [0.2, 0.25) is 0 Å². The minimum Gasteiger partial charge on any atom is -0.310 e. The van der Waals surface area contributed by atoms with Crippen molar-refractivity contribution in [1.82, 2.24) is 14.8 Å². The lowest BCUT2D eigenvalue weighted by Gasteiger charge is -2.08. The summed E-state index contributed by atoms with van der Waals surface area (Å²) >= 11 is 0. The van der Waals surface area contributed by atoms with E-state index >= 15 is 0 Å².